The molecule has 2 amide bonds. The topological polar surface area (TPSA) is 192 Å². The second kappa shape index (κ2) is 8.34. The number of imidazole rings is 1. The van der Waals surface area contributed by atoms with E-state index >= 15 is 0 Å². The maximum absolute atomic E-state index is 13.1. The number of hydrogen-bond acceptors (Lipinski definition) is 11. The van der Waals surface area contributed by atoms with E-state index in [1.807, 2.05) is 12.4 Å². The fraction of sp³-hybridized carbons (Fsp3) is 0.562. The van der Waals surface area contributed by atoms with Gasteiger partial charge >= 0.3 is 0 Å². The summed E-state index contributed by atoms with van der Waals surface area (Å²) in [6.07, 6.45) is -1.30. The standard InChI is InChI=1S/C16H22N6O7/c1-2-3-4-9(24)20-15(27)16(12(26)11(25)8(5-23)29-16)22-7-19-10-13(21-28)17-6-18-14(10)22/h6-8,11-12,23,25-26,28H,2-5H2,1H3,(H,17,18,21)(H,20,24,27)/t8-,11-,12-,16+/m1/s1. The third kappa shape index (κ3) is 3.42. The van der Waals surface area contributed by atoms with Crippen LogP contribution < -0.4 is 10.8 Å². The van der Waals surface area contributed by atoms with Gasteiger partial charge in [0.05, 0.1) is 6.61 Å². The zero-order valence-electron chi connectivity index (χ0n) is 15.5. The third-order valence-electron chi connectivity index (χ3n) is 4.75. The van der Waals surface area contributed by atoms with Crippen molar-refractivity contribution in [1.29, 1.82) is 0 Å². The lowest BCUT2D eigenvalue weighted by molar-refractivity contribution is -0.177. The number of aromatic nitrogens is 4. The van der Waals surface area contributed by atoms with E-state index in [0.717, 1.165) is 23.6 Å². The van der Waals surface area contributed by atoms with Gasteiger partial charge in [0.2, 0.25) is 5.91 Å². The summed E-state index contributed by atoms with van der Waals surface area (Å²) >= 11 is 0. The van der Waals surface area contributed by atoms with Crippen LogP contribution in [-0.2, 0) is 20.1 Å². The van der Waals surface area contributed by atoms with Gasteiger partial charge in [0.1, 0.15) is 31.0 Å². The second-order valence-corrected chi connectivity index (χ2v) is 6.57. The SMILES string of the molecule is CCCCC(=O)NC(=O)[C@@]1(n2cnc3c(NO)ncnc32)O[C@H](CO)[C@@H](O)[C@H]1O. The maximum Gasteiger partial charge on any atom is 0.283 e. The molecule has 0 saturated carbocycles. The largest absolute Gasteiger partial charge is 0.394 e. The Hall–Kier alpha value is -2.71. The minimum Gasteiger partial charge on any atom is -0.394 e. The number of aliphatic hydroxyl groups excluding tert-OH is 3. The monoisotopic (exact) mass is 410 g/mol. The van der Waals surface area contributed by atoms with Crippen LogP contribution in [0, 0.1) is 0 Å². The summed E-state index contributed by atoms with van der Waals surface area (Å²) < 4.78 is 6.61. The molecule has 13 nitrogen and oxygen atoms in total. The van der Waals surface area contributed by atoms with Crippen molar-refractivity contribution in [3.8, 4) is 0 Å². The van der Waals surface area contributed by atoms with Crippen molar-refractivity contribution < 1.29 is 34.9 Å². The van der Waals surface area contributed by atoms with Gasteiger partial charge in [-0.3, -0.25) is 30.2 Å². The van der Waals surface area contributed by atoms with E-state index in [9.17, 15) is 30.1 Å². The Morgan fingerprint density at radius 2 is 2.07 bits per heavy atom. The number of anilines is 1. The zero-order valence-corrected chi connectivity index (χ0v) is 15.5. The number of carbonyl (C=O) groups is 2. The number of aliphatic hydroxyl groups is 3. The van der Waals surface area contributed by atoms with Crippen molar-refractivity contribution in [1.82, 2.24) is 24.8 Å². The molecule has 158 valence electrons. The van der Waals surface area contributed by atoms with E-state index in [1.165, 1.54) is 0 Å². The van der Waals surface area contributed by atoms with Gasteiger partial charge in [-0.2, -0.15) is 0 Å². The average molecular weight is 410 g/mol. The molecule has 0 unspecified atom stereocenters. The Labute approximate surface area is 164 Å². The number of ether oxygens (including phenoxy) is 1. The number of amides is 2. The molecule has 2 aromatic heterocycles. The van der Waals surface area contributed by atoms with Crippen LogP contribution in [0.5, 0.6) is 0 Å². The van der Waals surface area contributed by atoms with Gasteiger partial charge in [-0.1, -0.05) is 13.3 Å². The Bertz CT molecular complexity index is 905. The predicted molar refractivity (Wildman–Crippen MR) is 95.4 cm³/mol. The number of rotatable bonds is 7. The number of nitrogens with one attached hydrogen (secondary N) is 2. The summed E-state index contributed by atoms with van der Waals surface area (Å²) in [6.45, 7) is 1.19. The molecule has 1 saturated heterocycles. The molecule has 0 radical (unpaired) electrons. The zero-order chi connectivity index (χ0) is 21.2. The van der Waals surface area contributed by atoms with Crippen molar-refractivity contribution in [3.05, 3.63) is 12.7 Å². The highest BCUT2D eigenvalue weighted by Gasteiger charge is 2.61. The van der Waals surface area contributed by atoms with Gasteiger partial charge in [0, 0.05) is 6.42 Å². The van der Waals surface area contributed by atoms with E-state index in [-0.39, 0.29) is 23.4 Å². The van der Waals surface area contributed by atoms with Crippen molar-refractivity contribution >= 4 is 28.8 Å². The molecule has 0 bridgehead atoms. The normalized spacial score (nSPS) is 26.6. The van der Waals surface area contributed by atoms with E-state index in [0.29, 0.717) is 6.42 Å². The quantitative estimate of drug-likeness (QED) is 0.283. The first kappa shape index (κ1) is 21.0. The first-order valence-electron chi connectivity index (χ1n) is 8.98. The Kier molecular flexibility index (Phi) is 6.04. The molecule has 1 fully saturated rings. The van der Waals surface area contributed by atoms with Crippen LogP contribution in [0.15, 0.2) is 12.7 Å². The lowest BCUT2D eigenvalue weighted by Gasteiger charge is -2.31. The summed E-state index contributed by atoms with van der Waals surface area (Å²) in [5, 5.41) is 41.8. The first-order chi connectivity index (χ1) is 13.9. The number of imide groups is 1. The summed E-state index contributed by atoms with van der Waals surface area (Å²) in [5.74, 6) is -1.72. The highest BCUT2D eigenvalue weighted by molar-refractivity contribution is 5.99. The highest BCUT2D eigenvalue weighted by Crippen LogP contribution is 2.38. The summed E-state index contributed by atoms with van der Waals surface area (Å²) in [6, 6.07) is 0. The van der Waals surface area contributed by atoms with Crippen molar-refractivity contribution in [3.63, 3.8) is 0 Å². The van der Waals surface area contributed by atoms with E-state index in [4.69, 9.17) is 4.74 Å². The van der Waals surface area contributed by atoms with E-state index < -0.39 is 42.5 Å². The van der Waals surface area contributed by atoms with Crippen LogP contribution in [0.25, 0.3) is 11.2 Å². The number of fused-ring (bicyclic) bond motifs is 1. The smallest absolute Gasteiger partial charge is 0.283 e. The number of carbonyl (C=O) groups excluding carboxylic acids is 2. The molecule has 0 spiro atoms. The number of nitrogens with zero attached hydrogens (tertiary/aromatic N) is 4. The molecule has 2 aromatic rings. The van der Waals surface area contributed by atoms with Crippen molar-refractivity contribution in [2.45, 2.75) is 50.2 Å². The summed E-state index contributed by atoms with van der Waals surface area (Å²) in [7, 11) is 0. The Morgan fingerprint density at radius 1 is 1.31 bits per heavy atom. The van der Waals surface area contributed by atoms with Gasteiger partial charge in [0.15, 0.2) is 17.0 Å². The van der Waals surface area contributed by atoms with Gasteiger partial charge < -0.3 is 20.1 Å². The Balaban J connectivity index is 2.10. The number of hydrogen-bond donors (Lipinski definition) is 6. The minimum atomic E-state index is -2.34. The summed E-state index contributed by atoms with van der Waals surface area (Å²) in [4.78, 5) is 37.0. The highest BCUT2D eigenvalue weighted by atomic mass is 16.6. The fourth-order valence-corrected chi connectivity index (χ4v) is 3.22. The third-order valence-corrected chi connectivity index (χ3v) is 4.75. The maximum atomic E-state index is 13.1. The van der Waals surface area contributed by atoms with Crippen LogP contribution in [0.2, 0.25) is 0 Å². The first-order valence-corrected chi connectivity index (χ1v) is 8.98. The van der Waals surface area contributed by atoms with Gasteiger partial charge in [-0.25, -0.2) is 15.0 Å². The van der Waals surface area contributed by atoms with Crippen LogP contribution in [0.4, 0.5) is 5.82 Å². The molecule has 3 heterocycles. The lowest BCUT2D eigenvalue weighted by atomic mass is 10.0. The fourth-order valence-electron chi connectivity index (χ4n) is 3.22. The predicted octanol–water partition coefficient (Wildman–Crippen LogP) is -1.77. The molecule has 3 rings (SSSR count). The molecular formula is C16H22N6O7. The van der Waals surface area contributed by atoms with Gasteiger partial charge in [-0.15, -0.1) is 0 Å². The molecular weight excluding hydrogens is 388 g/mol. The van der Waals surface area contributed by atoms with Crippen LogP contribution in [0.3, 0.4) is 0 Å². The average Bonchev–Trinajstić information content (AvgIpc) is 3.26. The van der Waals surface area contributed by atoms with E-state index in [2.05, 4.69) is 20.3 Å². The number of unbranched alkanes of at least 4 members (excludes halogenated alkanes) is 1. The molecule has 4 atom stereocenters. The van der Waals surface area contributed by atoms with E-state index in [1.54, 1.807) is 0 Å². The second-order valence-electron chi connectivity index (χ2n) is 6.57. The van der Waals surface area contributed by atoms with Gasteiger partial charge in [-0.05, 0) is 6.42 Å². The minimum absolute atomic E-state index is 0.0300. The molecule has 6 N–H and O–H groups in total. The molecule has 0 aliphatic carbocycles. The van der Waals surface area contributed by atoms with Crippen LogP contribution in [0.1, 0.15) is 26.2 Å². The van der Waals surface area contributed by atoms with Crippen molar-refractivity contribution in [2.24, 2.45) is 0 Å². The summed E-state index contributed by atoms with van der Waals surface area (Å²) in [5.41, 5.74) is -0.497. The van der Waals surface area contributed by atoms with Crippen LogP contribution >= 0.6 is 0 Å². The van der Waals surface area contributed by atoms with Crippen LogP contribution in [-0.4, -0.2) is 76.8 Å². The molecule has 1 aliphatic heterocycles. The van der Waals surface area contributed by atoms with Crippen molar-refractivity contribution in [2.75, 3.05) is 12.1 Å². The molecule has 1 aliphatic rings. The molecule has 13 heteroatoms. The Morgan fingerprint density at radius 3 is 2.69 bits per heavy atom. The van der Waals surface area contributed by atoms with Gasteiger partial charge in [0.25, 0.3) is 11.6 Å². The lowest BCUT2D eigenvalue weighted by Crippen LogP contribution is -2.57. The molecule has 0 aromatic carbocycles. The molecule has 29 heavy (non-hydrogen) atoms.